The van der Waals surface area contributed by atoms with Crippen LogP contribution in [0.15, 0.2) is 34.3 Å². The van der Waals surface area contributed by atoms with Crippen LogP contribution in [0.1, 0.15) is 32.8 Å². The molecule has 2 N–H and O–H groups in total. The maximum Gasteiger partial charge on any atom is 0.310 e. The van der Waals surface area contributed by atoms with E-state index in [1.807, 2.05) is 6.92 Å². The molecule has 0 radical (unpaired) electrons. The van der Waals surface area contributed by atoms with E-state index in [9.17, 15) is 9.59 Å². The number of aliphatic hydroxyl groups is 1. The van der Waals surface area contributed by atoms with Crippen LogP contribution in [0.25, 0.3) is 0 Å². The summed E-state index contributed by atoms with van der Waals surface area (Å²) in [4.78, 5) is 34.0. The van der Waals surface area contributed by atoms with E-state index in [2.05, 4.69) is 20.3 Å². The minimum absolute atomic E-state index is 0.178. The number of esters is 2. The van der Waals surface area contributed by atoms with E-state index in [-0.39, 0.29) is 24.8 Å². The molecule has 0 aliphatic carbocycles. The van der Waals surface area contributed by atoms with Crippen molar-refractivity contribution in [2.45, 2.75) is 45.1 Å². The van der Waals surface area contributed by atoms with E-state index >= 15 is 0 Å². The molecule has 0 aromatic carbocycles. The van der Waals surface area contributed by atoms with Crippen molar-refractivity contribution >= 4 is 29.9 Å². The number of carbonyl (C=O) groups excluding carboxylic acids is 2. The average Bonchev–Trinajstić information content (AvgIpc) is 2.66. The minimum atomic E-state index is -0.897. The molecule has 2 rings (SSSR count). The Morgan fingerprint density at radius 2 is 1.71 bits per heavy atom. The number of aliphatic hydroxyl groups excluding tert-OH is 1. The lowest BCUT2D eigenvalue weighted by atomic mass is 10.2. The second-order valence-corrected chi connectivity index (χ2v) is 6.54. The summed E-state index contributed by atoms with van der Waals surface area (Å²) in [5, 5.41) is 12.2. The lowest BCUT2D eigenvalue weighted by molar-refractivity contribution is -0.143. The molecule has 10 heteroatoms. The first-order valence-electron chi connectivity index (χ1n) is 8.89. The van der Waals surface area contributed by atoms with Gasteiger partial charge >= 0.3 is 11.9 Å². The number of aromatic nitrogens is 2. The van der Waals surface area contributed by atoms with E-state index in [0.29, 0.717) is 18.8 Å². The maximum absolute atomic E-state index is 11.1. The number of thioether (sulfide) groups is 1. The normalized spacial score (nSPS) is 14.9. The molecule has 0 saturated carbocycles. The predicted octanol–water partition coefficient (Wildman–Crippen LogP) is 1.47. The van der Waals surface area contributed by atoms with Gasteiger partial charge in [0.05, 0.1) is 26.1 Å². The highest BCUT2D eigenvalue weighted by Gasteiger charge is 2.09. The molecule has 0 bridgehead atoms. The number of ether oxygens (including phenoxy) is 2. The van der Waals surface area contributed by atoms with Crippen LogP contribution in [0, 0.1) is 0 Å². The van der Waals surface area contributed by atoms with E-state index in [4.69, 9.17) is 14.6 Å². The van der Waals surface area contributed by atoms with Gasteiger partial charge in [0.2, 0.25) is 6.35 Å². The van der Waals surface area contributed by atoms with Crippen LogP contribution >= 0.6 is 11.8 Å². The fraction of sp³-hybridized carbons (Fsp3) is 0.500. The van der Waals surface area contributed by atoms with Crippen LogP contribution < -0.4 is 5.32 Å². The smallest absolute Gasteiger partial charge is 0.310 e. The molecule has 2 heterocycles. The number of nitrogens with one attached hydrogen (secondary N) is 1. The fourth-order valence-corrected chi connectivity index (χ4v) is 2.43. The van der Waals surface area contributed by atoms with Crippen LogP contribution in [-0.2, 0) is 25.5 Å². The Kier molecular flexibility index (Phi) is 11.5. The van der Waals surface area contributed by atoms with Crippen LogP contribution in [0.2, 0.25) is 0 Å². The van der Waals surface area contributed by atoms with Crippen molar-refractivity contribution in [3.05, 3.63) is 29.7 Å². The highest BCUT2D eigenvalue weighted by Crippen LogP contribution is 2.11. The first-order chi connectivity index (χ1) is 13.5. The first-order valence-corrected chi connectivity index (χ1v) is 9.88. The maximum atomic E-state index is 11.1. The summed E-state index contributed by atoms with van der Waals surface area (Å²) in [5.41, 5.74) is 1.48. The second-order valence-electron chi connectivity index (χ2n) is 5.31. The van der Waals surface area contributed by atoms with Crippen molar-refractivity contribution in [3.63, 3.8) is 0 Å². The molecule has 1 aromatic rings. The van der Waals surface area contributed by atoms with Gasteiger partial charge in [-0.1, -0.05) is 18.7 Å². The molecule has 0 fully saturated rings. The molecule has 0 saturated heterocycles. The topological polar surface area (TPSA) is 123 Å². The van der Waals surface area contributed by atoms with Gasteiger partial charge in [-0.2, -0.15) is 0 Å². The van der Waals surface area contributed by atoms with Gasteiger partial charge in [-0.15, -0.1) is 0 Å². The summed E-state index contributed by atoms with van der Waals surface area (Å²) in [5.74, 6) is 0.410. The number of rotatable bonds is 8. The average molecular weight is 410 g/mol. The highest BCUT2D eigenvalue weighted by atomic mass is 32.2. The molecule has 9 nitrogen and oxygen atoms in total. The molecule has 1 unspecified atom stereocenters. The molecule has 0 amide bonds. The first kappa shape index (κ1) is 23.6. The monoisotopic (exact) mass is 410 g/mol. The SMILES string of the molecule is CCOC(=O)CC1=CNC(O)N=C1.CCOC(=O)Cc1cnc(SCC)nc1. The fourth-order valence-electron chi connectivity index (χ4n) is 1.92. The van der Waals surface area contributed by atoms with Crippen LogP contribution in [0.4, 0.5) is 0 Å². The van der Waals surface area contributed by atoms with Gasteiger partial charge in [-0.25, -0.2) is 15.0 Å². The summed E-state index contributed by atoms with van der Waals surface area (Å²) in [6.45, 7) is 6.36. The number of carbonyl (C=O) groups is 2. The second kappa shape index (κ2) is 13.7. The zero-order valence-corrected chi connectivity index (χ0v) is 17.1. The molecule has 28 heavy (non-hydrogen) atoms. The Labute approximate surface area is 168 Å². The van der Waals surface area contributed by atoms with Crippen molar-refractivity contribution in [1.82, 2.24) is 15.3 Å². The Bertz CT molecular complexity index is 679. The van der Waals surface area contributed by atoms with Gasteiger partial charge in [0.25, 0.3) is 0 Å². The number of hydrogen-bond donors (Lipinski definition) is 2. The Morgan fingerprint density at radius 3 is 2.21 bits per heavy atom. The van der Waals surface area contributed by atoms with Gasteiger partial charge in [0, 0.05) is 24.8 Å². The van der Waals surface area contributed by atoms with Crippen molar-refractivity contribution in [2.24, 2.45) is 4.99 Å². The predicted molar refractivity (Wildman–Crippen MR) is 106 cm³/mol. The van der Waals surface area contributed by atoms with Gasteiger partial charge in [0.1, 0.15) is 0 Å². The quantitative estimate of drug-likeness (QED) is 0.372. The highest BCUT2D eigenvalue weighted by molar-refractivity contribution is 7.99. The number of aliphatic imine (C=N–C) groups is 1. The Morgan fingerprint density at radius 1 is 1.11 bits per heavy atom. The summed E-state index contributed by atoms with van der Waals surface area (Å²) >= 11 is 1.57. The molecule has 1 aliphatic heterocycles. The van der Waals surface area contributed by atoms with Gasteiger partial charge < -0.3 is 19.9 Å². The van der Waals surface area contributed by atoms with E-state index in [1.165, 1.54) is 6.21 Å². The van der Waals surface area contributed by atoms with Gasteiger partial charge in [-0.05, 0) is 30.7 Å². The lowest BCUT2D eigenvalue weighted by Crippen LogP contribution is -2.25. The lowest BCUT2D eigenvalue weighted by Gasteiger charge is -2.12. The molecule has 154 valence electrons. The minimum Gasteiger partial charge on any atom is -0.466 e. The molecule has 1 aliphatic rings. The summed E-state index contributed by atoms with van der Waals surface area (Å²) in [7, 11) is 0. The third-order valence-corrected chi connectivity index (χ3v) is 3.82. The standard InChI is InChI=1S/C10H14N2O2S.C8H12N2O3/c1-3-14-9(13)5-8-6-11-10(12-7-8)15-4-2;1-2-13-7(11)3-6-4-9-8(12)10-5-6/h6-7H,3-5H2,1-2H3;4-5,8-9,12H,2-3H2,1H3. The van der Waals surface area contributed by atoms with Crippen LogP contribution in [-0.4, -0.2) is 58.5 Å². The van der Waals surface area contributed by atoms with Crippen molar-refractivity contribution in [2.75, 3.05) is 19.0 Å². The zero-order chi connectivity index (χ0) is 20.8. The molecular weight excluding hydrogens is 384 g/mol. The van der Waals surface area contributed by atoms with E-state index < -0.39 is 6.35 Å². The Balaban J connectivity index is 0.000000283. The molecule has 0 spiro atoms. The van der Waals surface area contributed by atoms with E-state index in [0.717, 1.165) is 16.5 Å². The summed E-state index contributed by atoms with van der Waals surface area (Å²) in [6, 6.07) is 0. The number of nitrogens with zero attached hydrogens (tertiary/aromatic N) is 3. The van der Waals surface area contributed by atoms with E-state index in [1.54, 1.807) is 44.2 Å². The zero-order valence-electron chi connectivity index (χ0n) is 16.3. The van der Waals surface area contributed by atoms with Crippen molar-refractivity contribution < 1.29 is 24.2 Å². The third-order valence-electron chi connectivity index (χ3n) is 3.06. The third kappa shape index (κ3) is 10.0. The van der Waals surface area contributed by atoms with Gasteiger partial charge in [0.15, 0.2) is 5.16 Å². The van der Waals surface area contributed by atoms with Crippen LogP contribution in [0.3, 0.4) is 0 Å². The Hall–Kier alpha value is -2.46. The number of hydrogen-bond acceptors (Lipinski definition) is 10. The molecule has 1 aromatic heterocycles. The van der Waals surface area contributed by atoms with Gasteiger partial charge in [-0.3, -0.25) is 9.59 Å². The van der Waals surface area contributed by atoms with Crippen molar-refractivity contribution in [3.8, 4) is 0 Å². The molecule has 1 atom stereocenters. The van der Waals surface area contributed by atoms with Crippen LogP contribution in [0.5, 0.6) is 0 Å². The summed E-state index contributed by atoms with van der Waals surface area (Å²) < 4.78 is 9.56. The summed E-state index contributed by atoms with van der Waals surface area (Å²) in [6.07, 6.45) is 5.87. The molecular formula is C18H26N4O5S. The largest absolute Gasteiger partial charge is 0.466 e. The van der Waals surface area contributed by atoms with Crippen molar-refractivity contribution in [1.29, 1.82) is 0 Å².